The van der Waals surface area contributed by atoms with E-state index in [1.54, 1.807) is 12.3 Å². The van der Waals surface area contributed by atoms with Crippen LogP contribution in [0.25, 0.3) is 0 Å². The van der Waals surface area contributed by atoms with E-state index >= 15 is 0 Å². The summed E-state index contributed by atoms with van der Waals surface area (Å²) in [6.07, 6.45) is 7.77. The van der Waals surface area contributed by atoms with Gasteiger partial charge in [0.15, 0.2) is 0 Å². The van der Waals surface area contributed by atoms with Gasteiger partial charge in [-0.15, -0.1) is 0 Å². The summed E-state index contributed by atoms with van der Waals surface area (Å²) in [5.74, 6) is 1.22. The summed E-state index contributed by atoms with van der Waals surface area (Å²) in [6, 6.07) is 6.83. The van der Waals surface area contributed by atoms with E-state index in [1.807, 2.05) is 12.1 Å². The minimum Gasteiger partial charge on any atom is -0.474 e. The van der Waals surface area contributed by atoms with Crippen LogP contribution in [0.3, 0.4) is 0 Å². The topological polar surface area (TPSA) is 90.2 Å². The minimum absolute atomic E-state index is 0.0258. The van der Waals surface area contributed by atoms with Crippen molar-refractivity contribution in [2.24, 2.45) is 0 Å². The molecule has 0 bridgehead atoms. The van der Waals surface area contributed by atoms with Gasteiger partial charge >= 0.3 is 0 Å². The molecule has 0 radical (unpaired) electrons. The highest BCUT2D eigenvalue weighted by Gasteiger charge is 2.18. The lowest BCUT2D eigenvalue weighted by Crippen LogP contribution is -2.14. The first-order chi connectivity index (χ1) is 11.2. The van der Waals surface area contributed by atoms with E-state index < -0.39 is 4.92 Å². The van der Waals surface area contributed by atoms with Gasteiger partial charge < -0.3 is 10.1 Å². The van der Waals surface area contributed by atoms with Gasteiger partial charge in [-0.2, -0.15) is 0 Å². The van der Waals surface area contributed by atoms with E-state index in [1.165, 1.54) is 25.1 Å². The van der Waals surface area contributed by atoms with Crippen LogP contribution >= 0.6 is 0 Å². The van der Waals surface area contributed by atoms with Crippen LogP contribution in [-0.2, 0) is 6.54 Å². The standard InChI is InChI=1S/C16H18N4O3/c21-20(22)13-7-8-15(19-11-13)18-10-12-4-3-9-17-16(12)23-14-5-1-2-6-14/h3-4,7-9,11,14H,1-2,5-6,10H2,(H,18,19). The van der Waals surface area contributed by atoms with Gasteiger partial charge in [0, 0.05) is 24.4 Å². The van der Waals surface area contributed by atoms with Crippen LogP contribution < -0.4 is 10.1 Å². The molecule has 1 aliphatic rings. The fraction of sp³-hybridized carbons (Fsp3) is 0.375. The maximum Gasteiger partial charge on any atom is 0.287 e. The van der Waals surface area contributed by atoms with Gasteiger partial charge in [0.25, 0.3) is 5.69 Å². The molecule has 0 amide bonds. The molecule has 2 aromatic heterocycles. The Morgan fingerprint density at radius 2 is 2.09 bits per heavy atom. The number of nitrogens with one attached hydrogen (secondary N) is 1. The average molecular weight is 314 g/mol. The number of aromatic nitrogens is 2. The zero-order valence-corrected chi connectivity index (χ0v) is 12.6. The monoisotopic (exact) mass is 314 g/mol. The third-order valence-electron chi connectivity index (χ3n) is 3.85. The summed E-state index contributed by atoms with van der Waals surface area (Å²) in [7, 11) is 0. The normalized spacial score (nSPS) is 14.6. The van der Waals surface area contributed by atoms with E-state index in [4.69, 9.17) is 4.74 Å². The van der Waals surface area contributed by atoms with E-state index in [0.717, 1.165) is 18.4 Å². The van der Waals surface area contributed by atoms with Crippen molar-refractivity contribution in [2.45, 2.75) is 38.3 Å². The largest absolute Gasteiger partial charge is 0.474 e. The van der Waals surface area contributed by atoms with Crippen LogP contribution in [0.1, 0.15) is 31.2 Å². The number of nitro groups is 1. The van der Waals surface area contributed by atoms with Crippen molar-refractivity contribution in [3.8, 4) is 5.88 Å². The van der Waals surface area contributed by atoms with Crippen molar-refractivity contribution >= 4 is 11.5 Å². The number of hydrogen-bond acceptors (Lipinski definition) is 6. The summed E-state index contributed by atoms with van der Waals surface area (Å²) in [5, 5.41) is 13.8. The zero-order valence-electron chi connectivity index (χ0n) is 12.6. The molecular weight excluding hydrogens is 296 g/mol. The maximum atomic E-state index is 10.6. The Balaban J connectivity index is 1.64. The van der Waals surface area contributed by atoms with Crippen LogP contribution in [-0.4, -0.2) is 21.0 Å². The molecule has 23 heavy (non-hydrogen) atoms. The van der Waals surface area contributed by atoms with Gasteiger partial charge in [-0.25, -0.2) is 9.97 Å². The van der Waals surface area contributed by atoms with Crippen molar-refractivity contribution < 1.29 is 9.66 Å². The number of hydrogen-bond donors (Lipinski definition) is 1. The molecule has 0 aliphatic heterocycles. The SMILES string of the molecule is O=[N+]([O-])c1ccc(NCc2cccnc2OC2CCCC2)nc1. The predicted molar refractivity (Wildman–Crippen MR) is 85.3 cm³/mol. The van der Waals surface area contributed by atoms with Crippen molar-refractivity contribution in [2.75, 3.05) is 5.32 Å². The van der Waals surface area contributed by atoms with Gasteiger partial charge in [-0.3, -0.25) is 10.1 Å². The van der Waals surface area contributed by atoms with Gasteiger partial charge in [0.05, 0.1) is 4.92 Å². The van der Waals surface area contributed by atoms with Crippen LogP contribution in [0.5, 0.6) is 5.88 Å². The molecule has 1 N–H and O–H groups in total. The molecule has 3 rings (SSSR count). The smallest absolute Gasteiger partial charge is 0.287 e. The third-order valence-corrected chi connectivity index (χ3v) is 3.85. The zero-order chi connectivity index (χ0) is 16.1. The van der Waals surface area contributed by atoms with Crippen LogP contribution in [0.2, 0.25) is 0 Å². The van der Waals surface area contributed by atoms with Gasteiger partial charge in [0.1, 0.15) is 18.1 Å². The number of pyridine rings is 2. The maximum absolute atomic E-state index is 10.6. The Morgan fingerprint density at radius 3 is 2.78 bits per heavy atom. The third kappa shape index (κ3) is 3.94. The molecule has 1 aliphatic carbocycles. The first-order valence-electron chi connectivity index (χ1n) is 7.67. The molecule has 2 aromatic rings. The Bertz CT molecular complexity index is 669. The lowest BCUT2D eigenvalue weighted by Gasteiger charge is -2.15. The Kier molecular flexibility index (Phi) is 4.65. The first-order valence-corrected chi connectivity index (χ1v) is 7.67. The second-order valence-corrected chi connectivity index (χ2v) is 5.50. The summed E-state index contributed by atoms with van der Waals surface area (Å²) in [4.78, 5) is 18.5. The van der Waals surface area contributed by atoms with Gasteiger partial charge in [-0.1, -0.05) is 6.07 Å². The second-order valence-electron chi connectivity index (χ2n) is 5.50. The van der Waals surface area contributed by atoms with E-state index in [9.17, 15) is 10.1 Å². The van der Waals surface area contributed by atoms with E-state index in [-0.39, 0.29) is 11.8 Å². The fourth-order valence-electron chi connectivity index (χ4n) is 2.61. The highest BCUT2D eigenvalue weighted by Crippen LogP contribution is 2.25. The molecule has 7 heteroatoms. The quantitative estimate of drug-likeness (QED) is 0.650. The van der Waals surface area contributed by atoms with E-state index in [0.29, 0.717) is 18.2 Å². The number of ether oxygens (including phenoxy) is 1. The van der Waals surface area contributed by atoms with Crippen molar-refractivity contribution in [3.05, 3.63) is 52.3 Å². The second kappa shape index (κ2) is 7.04. The molecule has 1 fully saturated rings. The lowest BCUT2D eigenvalue weighted by molar-refractivity contribution is -0.385. The van der Waals surface area contributed by atoms with Crippen LogP contribution in [0, 0.1) is 10.1 Å². The molecule has 1 saturated carbocycles. The molecule has 0 unspecified atom stereocenters. The van der Waals surface area contributed by atoms with Crippen LogP contribution in [0.4, 0.5) is 11.5 Å². The van der Waals surface area contributed by atoms with Gasteiger partial charge in [-0.05, 0) is 37.8 Å². The molecular formula is C16H18N4O3. The molecule has 2 heterocycles. The fourth-order valence-corrected chi connectivity index (χ4v) is 2.61. The molecule has 0 saturated heterocycles. The molecule has 0 aromatic carbocycles. The Labute approximate surface area is 133 Å². The summed E-state index contributed by atoms with van der Waals surface area (Å²) >= 11 is 0. The average Bonchev–Trinajstić information content (AvgIpc) is 3.07. The first kappa shape index (κ1) is 15.2. The molecule has 0 atom stereocenters. The number of anilines is 1. The van der Waals surface area contributed by atoms with Crippen molar-refractivity contribution in [1.29, 1.82) is 0 Å². The molecule has 0 spiro atoms. The highest BCUT2D eigenvalue weighted by atomic mass is 16.6. The number of rotatable bonds is 6. The summed E-state index contributed by atoms with van der Waals surface area (Å²) < 4.78 is 5.98. The van der Waals surface area contributed by atoms with Crippen molar-refractivity contribution in [3.63, 3.8) is 0 Å². The summed E-state index contributed by atoms with van der Waals surface area (Å²) in [5.41, 5.74) is 0.918. The van der Waals surface area contributed by atoms with E-state index in [2.05, 4.69) is 15.3 Å². The van der Waals surface area contributed by atoms with Gasteiger partial charge in [0.2, 0.25) is 5.88 Å². The molecule has 7 nitrogen and oxygen atoms in total. The Morgan fingerprint density at radius 1 is 1.26 bits per heavy atom. The van der Waals surface area contributed by atoms with Crippen molar-refractivity contribution in [1.82, 2.24) is 9.97 Å². The highest BCUT2D eigenvalue weighted by molar-refractivity contribution is 5.41. The lowest BCUT2D eigenvalue weighted by atomic mass is 10.2. The summed E-state index contributed by atoms with van der Waals surface area (Å²) in [6.45, 7) is 0.501. The Hall–Kier alpha value is -2.70. The predicted octanol–water partition coefficient (Wildman–Crippen LogP) is 3.32. The number of nitrogens with zero attached hydrogens (tertiary/aromatic N) is 3. The van der Waals surface area contributed by atoms with Crippen LogP contribution in [0.15, 0.2) is 36.7 Å². The molecule has 120 valence electrons. The minimum atomic E-state index is -0.467.